The Labute approximate surface area is 270 Å². The first kappa shape index (κ1) is 41.4. The van der Waals surface area contributed by atoms with Crippen molar-refractivity contribution in [2.75, 3.05) is 19.6 Å². The molecule has 0 aromatic heterocycles. The van der Waals surface area contributed by atoms with Gasteiger partial charge in [0.15, 0.2) is 0 Å². The highest BCUT2D eigenvalue weighted by molar-refractivity contribution is 5.60. The monoisotopic (exact) mass is 596 g/mol. The van der Waals surface area contributed by atoms with Crippen LogP contribution in [0.25, 0.3) is 0 Å². The third-order valence-corrected chi connectivity index (χ3v) is 11.6. The Bertz CT molecular complexity index is 818. The summed E-state index contributed by atoms with van der Waals surface area (Å²) < 4.78 is 0. The van der Waals surface area contributed by atoms with Crippen LogP contribution in [0.5, 0.6) is 0 Å². The van der Waals surface area contributed by atoms with Gasteiger partial charge in [-0.05, 0) is 137 Å². The van der Waals surface area contributed by atoms with E-state index in [2.05, 4.69) is 88.2 Å². The van der Waals surface area contributed by atoms with E-state index in [1.54, 1.807) is 0 Å². The maximum Gasteiger partial charge on any atom is 0.0498 e. The van der Waals surface area contributed by atoms with Crippen LogP contribution < -0.4 is 10.6 Å². The lowest BCUT2D eigenvalue weighted by Crippen LogP contribution is -2.55. The fraction of sp³-hybridized carbons (Fsp3) is 0.825. The summed E-state index contributed by atoms with van der Waals surface area (Å²) in [5.74, 6) is 5.04. The number of hydrogen-bond donors (Lipinski definition) is 2. The number of nitrogens with zero attached hydrogens (tertiary/aromatic N) is 1. The number of nitrogens with one attached hydrogen (secondary N) is 2. The molecule has 7 unspecified atom stereocenters. The maximum atomic E-state index is 4.47. The number of allylic oxidation sites excluding steroid dienone is 1. The van der Waals surface area contributed by atoms with Gasteiger partial charge in [0, 0.05) is 24.5 Å². The van der Waals surface area contributed by atoms with Gasteiger partial charge in [-0.1, -0.05) is 68.4 Å². The van der Waals surface area contributed by atoms with Crippen molar-refractivity contribution < 1.29 is 0 Å². The zero-order valence-electron chi connectivity index (χ0n) is 28.9. The molecule has 248 valence electrons. The lowest BCUT2D eigenvalue weighted by atomic mass is 9.44. The van der Waals surface area contributed by atoms with Gasteiger partial charge < -0.3 is 10.6 Å². The van der Waals surface area contributed by atoms with Crippen LogP contribution in [0.15, 0.2) is 16.8 Å². The zero-order chi connectivity index (χ0) is 31.6. The second-order valence-corrected chi connectivity index (χ2v) is 13.8. The molecule has 0 amide bonds. The van der Waals surface area contributed by atoms with E-state index in [0.29, 0.717) is 10.8 Å². The van der Waals surface area contributed by atoms with E-state index in [4.69, 9.17) is 0 Å². The molecule has 0 aromatic carbocycles. The standard InChI is InChI=1S/C30H51N3.C3H8.C2H6.2C2H2.CH4/c1-22-9-12-27-26-11-10-23-20-24(13-15-30(23,3)28(26)14-16-29(22,27)2)32-19-7-6-17-31-21-25-8-4-5-18-33-25;1-3-2;3*1-2;/h8,18,22-24,26-28,31-32H,4-7,9-17,19-21H2,1-3H3;3H2,1-2H3;1-2H3;2*1-2H;1H4/t22?,23?,24-,26?,27?,28?,29?,30?;;;;;/m1...../s1. The Kier molecular flexibility index (Phi) is 21.2. The van der Waals surface area contributed by atoms with Crippen molar-refractivity contribution in [3.63, 3.8) is 0 Å². The fourth-order valence-corrected chi connectivity index (χ4v) is 9.28. The smallest absolute Gasteiger partial charge is 0.0498 e. The van der Waals surface area contributed by atoms with E-state index in [-0.39, 0.29) is 7.43 Å². The van der Waals surface area contributed by atoms with Crippen molar-refractivity contribution in [2.45, 2.75) is 152 Å². The first-order chi connectivity index (χ1) is 20.4. The summed E-state index contributed by atoms with van der Waals surface area (Å²) in [6.07, 6.45) is 39.9. The van der Waals surface area contributed by atoms with E-state index >= 15 is 0 Å². The minimum absolute atomic E-state index is 0. The minimum Gasteiger partial charge on any atom is -0.314 e. The van der Waals surface area contributed by atoms with Crippen LogP contribution in [-0.2, 0) is 0 Å². The number of fused-ring (bicyclic) bond motifs is 5. The maximum absolute atomic E-state index is 4.47. The van der Waals surface area contributed by atoms with Gasteiger partial charge in [0.2, 0.25) is 0 Å². The Hall–Kier alpha value is -1.55. The molecule has 0 aromatic rings. The Morgan fingerprint density at radius 1 is 0.837 bits per heavy atom. The Morgan fingerprint density at radius 2 is 1.47 bits per heavy atom. The second-order valence-electron chi connectivity index (χ2n) is 13.8. The molecule has 2 N–H and O–H groups in total. The van der Waals surface area contributed by atoms with Crippen LogP contribution in [0, 0.1) is 66.1 Å². The Balaban J connectivity index is 0.00000161. The summed E-state index contributed by atoms with van der Waals surface area (Å²) in [4.78, 5) is 4.47. The third-order valence-electron chi connectivity index (χ3n) is 11.6. The average Bonchev–Trinajstić information content (AvgIpc) is 3.34. The topological polar surface area (TPSA) is 36.4 Å². The minimum atomic E-state index is 0. The molecule has 0 saturated heterocycles. The van der Waals surface area contributed by atoms with Crippen molar-refractivity contribution in [1.29, 1.82) is 0 Å². The molecule has 0 bridgehead atoms. The number of aliphatic imine (C=N–C) groups is 1. The molecule has 1 heterocycles. The van der Waals surface area contributed by atoms with Crippen LogP contribution in [0.1, 0.15) is 146 Å². The molecule has 0 radical (unpaired) electrons. The van der Waals surface area contributed by atoms with Crippen LogP contribution in [0.4, 0.5) is 0 Å². The van der Waals surface area contributed by atoms with Crippen molar-refractivity contribution in [1.82, 2.24) is 10.6 Å². The summed E-state index contributed by atoms with van der Waals surface area (Å²) in [5.41, 5.74) is 2.52. The molecule has 3 nitrogen and oxygen atoms in total. The van der Waals surface area contributed by atoms with Crippen LogP contribution in [0.2, 0.25) is 0 Å². The molecule has 4 saturated carbocycles. The lowest BCUT2D eigenvalue weighted by Gasteiger charge is -2.61. The average molecular weight is 596 g/mol. The quantitative estimate of drug-likeness (QED) is 0.216. The van der Waals surface area contributed by atoms with E-state index in [1.165, 1.54) is 89.3 Å². The predicted molar refractivity (Wildman–Crippen MR) is 194 cm³/mol. The fourth-order valence-electron chi connectivity index (χ4n) is 9.28. The van der Waals surface area contributed by atoms with Crippen LogP contribution >= 0.6 is 0 Å². The SMILES string of the molecule is C.C#C.C#C.CC.CC1CCC2C3CCC4C[C@H](NCCCCNCC5=CCCC=N5)CCC4(C)C3CCC12C.CCC. The van der Waals surface area contributed by atoms with Gasteiger partial charge in [-0.25, -0.2) is 0 Å². The highest BCUT2D eigenvalue weighted by Gasteiger charge is 2.59. The molecular weight excluding hydrogens is 522 g/mol. The molecule has 5 rings (SSSR count). The highest BCUT2D eigenvalue weighted by Crippen LogP contribution is 2.67. The van der Waals surface area contributed by atoms with E-state index in [0.717, 1.165) is 61.6 Å². The van der Waals surface area contributed by atoms with Crippen LogP contribution in [-0.4, -0.2) is 31.9 Å². The largest absolute Gasteiger partial charge is 0.314 e. The van der Waals surface area contributed by atoms with Gasteiger partial charge in [0.1, 0.15) is 0 Å². The summed E-state index contributed by atoms with van der Waals surface area (Å²) in [6.45, 7) is 19.4. The Morgan fingerprint density at radius 3 is 2.12 bits per heavy atom. The van der Waals surface area contributed by atoms with Crippen molar-refractivity contribution in [3.8, 4) is 25.7 Å². The molecule has 43 heavy (non-hydrogen) atoms. The number of rotatable bonds is 8. The summed E-state index contributed by atoms with van der Waals surface area (Å²) in [6, 6.07) is 0.773. The normalized spacial score (nSPS) is 34.9. The molecular formula is C40H73N3. The predicted octanol–water partition coefficient (Wildman–Crippen LogP) is 10.3. The molecule has 0 spiro atoms. The first-order valence-electron chi connectivity index (χ1n) is 17.7. The molecule has 5 aliphatic rings. The second kappa shape index (κ2) is 22.0. The van der Waals surface area contributed by atoms with Gasteiger partial charge in [-0.2, -0.15) is 0 Å². The molecule has 3 heteroatoms. The third kappa shape index (κ3) is 10.8. The van der Waals surface area contributed by atoms with Gasteiger partial charge in [-0.3, -0.25) is 4.99 Å². The van der Waals surface area contributed by atoms with Crippen LogP contribution in [0.3, 0.4) is 0 Å². The van der Waals surface area contributed by atoms with Gasteiger partial charge in [0.05, 0.1) is 0 Å². The van der Waals surface area contributed by atoms with Gasteiger partial charge in [0.25, 0.3) is 0 Å². The summed E-state index contributed by atoms with van der Waals surface area (Å²) in [5, 5.41) is 7.54. The van der Waals surface area contributed by atoms with Crippen molar-refractivity contribution in [2.24, 2.45) is 45.4 Å². The van der Waals surface area contributed by atoms with E-state index in [9.17, 15) is 0 Å². The summed E-state index contributed by atoms with van der Waals surface area (Å²) in [7, 11) is 0. The van der Waals surface area contributed by atoms with Crippen molar-refractivity contribution >= 4 is 6.21 Å². The van der Waals surface area contributed by atoms with E-state index in [1.807, 2.05) is 13.8 Å². The molecule has 1 aliphatic heterocycles. The zero-order valence-corrected chi connectivity index (χ0v) is 28.9. The molecule has 4 aliphatic carbocycles. The lowest BCUT2D eigenvalue weighted by molar-refractivity contribution is -0.113. The van der Waals surface area contributed by atoms with Crippen molar-refractivity contribution in [3.05, 3.63) is 11.8 Å². The summed E-state index contributed by atoms with van der Waals surface area (Å²) >= 11 is 0. The number of hydrogen-bond acceptors (Lipinski definition) is 3. The molecule has 4 fully saturated rings. The molecule has 8 atom stereocenters. The van der Waals surface area contributed by atoms with Gasteiger partial charge >= 0.3 is 0 Å². The first-order valence-corrected chi connectivity index (χ1v) is 17.7. The van der Waals surface area contributed by atoms with Gasteiger partial charge in [-0.15, -0.1) is 25.7 Å². The highest BCUT2D eigenvalue weighted by atomic mass is 14.9. The number of terminal acetylenes is 2. The number of unbranched alkanes of at least 4 members (excludes halogenated alkanes) is 1. The van der Waals surface area contributed by atoms with E-state index < -0.39 is 0 Å².